The third-order valence-corrected chi connectivity index (χ3v) is 2.31. The van der Waals surface area contributed by atoms with Gasteiger partial charge in [-0.15, -0.1) is 0 Å². The summed E-state index contributed by atoms with van der Waals surface area (Å²) in [5.41, 5.74) is 5.12. The molecular weight excluding hydrogens is 164 g/mol. The van der Waals surface area contributed by atoms with E-state index in [1.165, 1.54) is 0 Å². The van der Waals surface area contributed by atoms with Gasteiger partial charge in [0.05, 0.1) is 5.41 Å². The molecule has 0 atom stereocenters. The van der Waals surface area contributed by atoms with Crippen molar-refractivity contribution >= 4 is 5.91 Å². The molecule has 3 heteroatoms. The number of carbonyl (C=O) groups is 1. The predicted molar refractivity (Wildman–Crippen MR) is 55.4 cm³/mol. The number of rotatable bonds is 4. The maximum Gasteiger partial charge on any atom is 0.229 e. The second kappa shape index (κ2) is 4.61. The minimum atomic E-state index is -0.430. The monoisotopic (exact) mass is 186 g/mol. The molecule has 0 saturated carbocycles. The third-order valence-electron chi connectivity index (χ3n) is 2.31. The van der Waals surface area contributed by atoms with Crippen LogP contribution in [0.1, 0.15) is 34.6 Å². The minimum absolute atomic E-state index is 0.146. The summed E-state index contributed by atoms with van der Waals surface area (Å²) >= 11 is 0. The predicted octanol–water partition coefficient (Wildman–Crippen LogP) is 1.23. The lowest BCUT2D eigenvalue weighted by Gasteiger charge is -2.33. The van der Waals surface area contributed by atoms with Crippen LogP contribution in [0.15, 0.2) is 0 Å². The Balaban J connectivity index is 4.55. The largest absolute Gasteiger partial charge is 0.340 e. The number of nitrogens with two attached hydrogens (primary N) is 1. The molecule has 0 unspecified atom stereocenters. The van der Waals surface area contributed by atoms with Gasteiger partial charge in [-0.1, -0.05) is 0 Å². The van der Waals surface area contributed by atoms with E-state index in [2.05, 4.69) is 0 Å². The Kier molecular flexibility index (Phi) is 4.40. The first-order valence-electron chi connectivity index (χ1n) is 4.88. The molecule has 0 aromatic heterocycles. The van der Waals surface area contributed by atoms with E-state index in [-0.39, 0.29) is 11.9 Å². The molecule has 2 N–H and O–H groups in total. The Morgan fingerprint density at radius 1 is 1.46 bits per heavy atom. The number of hydrogen-bond donors (Lipinski definition) is 1. The highest BCUT2D eigenvalue weighted by molar-refractivity contribution is 5.82. The van der Waals surface area contributed by atoms with Crippen molar-refractivity contribution in [3.63, 3.8) is 0 Å². The van der Waals surface area contributed by atoms with Crippen molar-refractivity contribution in [2.75, 3.05) is 13.1 Å². The van der Waals surface area contributed by atoms with Crippen LogP contribution in [-0.2, 0) is 4.79 Å². The molecule has 1 amide bonds. The van der Waals surface area contributed by atoms with Gasteiger partial charge in [0.15, 0.2) is 0 Å². The summed E-state index contributed by atoms with van der Waals surface area (Å²) in [6.45, 7) is 11.0. The fraction of sp³-hybridized carbons (Fsp3) is 0.900. The molecule has 0 bridgehead atoms. The Morgan fingerprint density at radius 3 is 2.15 bits per heavy atom. The quantitative estimate of drug-likeness (QED) is 0.717. The van der Waals surface area contributed by atoms with Crippen molar-refractivity contribution in [2.45, 2.75) is 40.7 Å². The van der Waals surface area contributed by atoms with E-state index in [4.69, 9.17) is 5.73 Å². The van der Waals surface area contributed by atoms with Crippen LogP contribution in [0.5, 0.6) is 0 Å². The zero-order chi connectivity index (χ0) is 10.6. The molecule has 0 saturated heterocycles. The SMILES string of the molecule is CCN(C(=O)C(C)(C)CN)C(C)C. The molecule has 0 aromatic carbocycles. The molecule has 0 rings (SSSR count). The molecule has 0 aromatic rings. The van der Waals surface area contributed by atoms with Crippen molar-refractivity contribution in [1.82, 2.24) is 4.90 Å². The lowest BCUT2D eigenvalue weighted by molar-refractivity contribution is -0.141. The first-order valence-corrected chi connectivity index (χ1v) is 4.88. The van der Waals surface area contributed by atoms with Crippen LogP contribution >= 0.6 is 0 Å². The summed E-state index contributed by atoms with van der Waals surface area (Å²) in [6, 6.07) is 0.253. The summed E-state index contributed by atoms with van der Waals surface area (Å²) in [5.74, 6) is 0.146. The van der Waals surface area contributed by atoms with E-state index in [1.807, 2.05) is 39.5 Å². The molecule has 13 heavy (non-hydrogen) atoms. The van der Waals surface area contributed by atoms with Crippen molar-refractivity contribution < 1.29 is 4.79 Å². The molecule has 0 heterocycles. The standard InChI is InChI=1S/C10H22N2O/c1-6-12(8(2)3)9(13)10(4,5)7-11/h8H,6-7,11H2,1-5H3. The van der Waals surface area contributed by atoms with Gasteiger partial charge in [0, 0.05) is 19.1 Å². The summed E-state index contributed by atoms with van der Waals surface area (Å²) in [5, 5.41) is 0. The van der Waals surface area contributed by atoms with Gasteiger partial charge in [0.25, 0.3) is 0 Å². The van der Waals surface area contributed by atoms with Gasteiger partial charge >= 0.3 is 0 Å². The number of carbonyl (C=O) groups excluding carboxylic acids is 1. The van der Waals surface area contributed by atoms with Crippen LogP contribution in [0.25, 0.3) is 0 Å². The summed E-state index contributed by atoms with van der Waals surface area (Å²) in [6.07, 6.45) is 0. The zero-order valence-electron chi connectivity index (χ0n) is 9.42. The molecule has 0 aliphatic heterocycles. The van der Waals surface area contributed by atoms with E-state index in [1.54, 1.807) is 0 Å². The van der Waals surface area contributed by atoms with Crippen LogP contribution in [-0.4, -0.2) is 29.9 Å². The fourth-order valence-electron chi connectivity index (χ4n) is 1.22. The van der Waals surface area contributed by atoms with Crippen LogP contribution in [0.2, 0.25) is 0 Å². The molecule has 3 nitrogen and oxygen atoms in total. The van der Waals surface area contributed by atoms with Crippen LogP contribution in [0.3, 0.4) is 0 Å². The molecule has 0 spiro atoms. The molecule has 0 fully saturated rings. The van der Waals surface area contributed by atoms with Crippen LogP contribution < -0.4 is 5.73 Å². The van der Waals surface area contributed by atoms with E-state index in [9.17, 15) is 4.79 Å². The second-order valence-electron chi connectivity index (χ2n) is 4.27. The van der Waals surface area contributed by atoms with Gasteiger partial charge in [-0.3, -0.25) is 4.79 Å². The first-order chi connectivity index (χ1) is 5.86. The van der Waals surface area contributed by atoms with E-state index in [0.717, 1.165) is 6.54 Å². The maximum absolute atomic E-state index is 11.9. The highest BCUT2D eigenvalue weighted by atomic mass is 16.2. The lowest BCUT2D eigenvalue weighted by Crippen LogP contribution is -2.47. The number of amides is 1. The van der Waals surface area contributed by atoms with E-state index in [0.29, 0.717) is 6.54 Å². The third kappa shape index (κ3) is 2.99. The second-order valence-corrected chi connectivity index (χ2v) is 4.27. The first kappa shape index (κ1) is 12.4. The molecular formula is C10H22N2O. The van der Waals surface area contributed by atoms with Gasteiger partial charge in [0.2, 0.25) is 5.91 Å². The van der Waals surface area contributed by atoms with Crippen molar-refractivity contribution in [1.29, 1.82) is 0 Å². The lowest BCUT2D eigenvalue weighted by atomic mass is 9.91. The van der Waals surface area contributed by atoms with Crippen molar-refractivity contribution in [3.8, 4) is 0 Å². The summed E-state index contributed by atoms with van der Waals surface area (Å²) in [4.78, 5) is 13.8. The normalized spacial score (nSPS) is 11.9. The Hall–Kier alpha value is -0.570. The van der Waals surface area contributed by atoms with Crippen molar-refractivity contribution in [3.05, 3.63) is 0 Å². The molecule has 0 aliphatic rings. The topological polar surface area (TPSA) is 46.3 Å². The van der Waals surface area contributed by atoms with Crippen molar-refractivity contribution in [2.24, 2.45) is 11.1 Å². The average Bonchev–Trinajstić information content (AvgIpc) is 2.05. The minimum Gasteiger partial charge on any atom is -0.340 e. The molecule has 78 valence electrons. The fourth-order valence-corrected chi connectivity index (χ4v) is 1.22. The number of hydrogen-bond acceptors (Lipinski definition) is 2. The summed E-state index contributed by atoms with van der Waals surface area (Å²) in [7, 11) is 0. The highest BCUT2D eigenvalue weighted by Crippen LogP contribution is 2.18. The van der Waals surface area contributed by atoms with Gasteiger partial charge in [-0.25, -0.2) is 0 Å². The average molecular weight is 186 g/mol. The highest BCUT2D eigenvalue weighted by Gasteiger charge is 2.30. The Bertz CT molecular complexity index is 176. The summed E-state index contributed by atoms with van der Waals surface area (Å²) < 4.78 is 0. The van der Waals surface area contributed by atoms with Gasteiger partial charge in [-0.05, 0) is 34.6 Å². The van der Waals surface area contributed by atoms with Gasteiger partial charge in [-0.2, -0.15) is 0 Å². The smallest absolute Gasteiger partial charge is 0.229 e. The van der Waals surface area contributed by atoms with E-state index < -0.39 is 5.41 Å². The van der Waals surface area contributed by atoms with Gasteiger partial charge < -0.3 is 10.6 Å². The van der Waals surface area contributed by atoms with Crippen LogP contribution in [0.4, 0.5) is 0 Å². The maximum atomic E-state index is 11.9. The Morgan fingerprint density at radius 2 is 1.92 bits per heavy atom. The Labute approximate surface area is 81.3 Å². The zero-order valence-corrected chi connectivity index (χ0v) is 9.42. The number of nitrogens with zero attached hydrogens (tertiary/aromatic N) is 1. The van der Waals surface area contributed by atoms with Gasteiger partial charge in [0.1, 0.15) is 0 Å². The molecule has 0 radical (unpaired) electrons. The molecule has 0 aliphatic carbocycles. The van der Waals surface area contributed by atoms with E-state index >= 15 is 0 Å². The van der Waals surface area contributed by atoms with Crippen LogP contribution in [0, 0.1) is 5.41 Å².